The molecule has 3 rings (SSSR count). The van der Waals surface area contributed by atoms with Crippen molar-refractivity contribution in [2.75, 3.05) is 33.9 Å². The van der Waals surface area contributed by atoms with Crippen molar-refractivity contribution in [2.45, 2.75) is 25.8 Å². The Morgan fingerprint density at radius 3 is 2.61 bits per heavy atom. The maximum absolute atomic E-state index is 5.72. The average Bonchev–Trinajstić information content (AvgIpc) is 2.73. The van der Waals surface area contributed by atoms with Crippen LogP contribution in [0.2, 0.25) is 0 Å². The molecule has 6 heteroatoms. The van der Waals surface area contributed by atoms with Gasteiger partial charge in [0.1, 0.15) is 19.0 Å². The number of hydrogen-bond donors (Lipinski definition) is 2. The summed E-state index contributed by atoms with van der Waals surface area (Å²) in [7, 11) is 3.45. The molecule has 0 spiro atoms. The third-order valence-corrected chi connectivity index (χ3v) is 4.84. The lowest BCUT2D eigenvalue weighted by molar-refractivity contribution is 0.171. The minimum absolute atomic E-state index is 0.108. The molecule has 0 radical (unpaired) electrons. The topological polar surface area (TPSA) is 64.1 Å². The quantitative estimate of drug-likeness (QED) is 0.593. The second-order valence-corrected chi connectivity index (χ2v) is 7.37. The van der Waals surface area contributed by atoms with Crippen LogP contribution in [-0.2, 0) is 12.0 Å². The first kappa shape index (κ1) is 19.9. The van der Waals surface area contributed by atoms with Crippen molar-refractivity contribution in [2.24, 2.45) is 4.99 Å². The molecule has 28 heavy (non-hydrogen) atoms. The van der Waals surface area contributed by atoms with Gasteiger partial charge in [-0.3, -0.25) is 4.99 Å². The summed E-state index contributed by atoms with van der Waals surface area (Å²) in [6.45, 7) is 6.98. The number of nitrogens with zero attached hydrogens (tertiary/aromatic N) is 1. The Labute approximate surface area is 166 Å². The predicted octanol–water partition coefficient (Wildman–Crippen LogP) is 3.11. The Morgan fingerprint density at radius 1 is 1.07 bits per heavy atom. The lowest BCUT2D eigenvalue weighted by atomic mass is 9.84. The van der Waals surface area contributed by atoms with Gasteiger partial charge in [0, 0.05) is 25.6 Å². The van der Waals surface area contributed by atoms with Crippen LogP contribution in [0.1, 0.15) is 25.0 Å². The van der Waals surface area contributed by atoms with Gasteiger partial charge >= 0.3 is 0 Å². The van der Waals surface area contributed by atoms with Crippen LogP contribution < -0.4 is 24.8 Å². The highest BCUT2D eigenvalue weighted by Crippen LogP contribution is 2.34. The maximum Gasteiger partial charge on any atom is 0.191 e. The number of guanidine groups is 1. The maximum atomic E-state index is 5.72. The third kappa shape index (κ3) is 4.88. The van der Waals surface area contributed by atoms with Crippen LogP contribution in [0.25, 0.3) is 0 Å². The van der Waals surface area contributed by atoms with Gasteiger partial charge in [-0.1, -0.05) is 32.0 Å². The molecule has 0 aliphatic carbocycles. The van der Waals surface area contributed by atoms with E-state index in [2.05, 4.69) is 47.7 Å². The van der Waals surface area contributed by atoms with Crippen molar-refractivity contribution in [3.63, 3.8) is 0 Å². The van der Waals surface area contributed by atoms with Gasteiger partial charge in [-0.2, -0.15) is 0 Å². The zero-order valence-corrected chi connectivity index (χ0v) is 17.0. The van der Waals surface area contributed by atoms with E-state index in [9.17, 15) is 0 Å². The molecule has 0 aromatic heterocycles. The summed E-state index contributed by atoms with van der Waals surface area (Å²) < 4.78 is 16.6. The summed E-state index contributed by atoms with van der Waals surface area (Å²) in [6, 6.07) is 14.1. The van der Waals surface area contributed by atoms with Crippen LogP contribution in [0, 0.1) is 0 Å². The van der Waals surface area contributed by atoms with Crippen LogP contribution in [0.15, 0.2) is 47.5 Å². The Hall–Kier alpha value is -2.89. The molecule has 1 heterocycles. The number of ether oxygens (including phenoxy) is 3. The van der Waals surface area contributed by atoms with E-state index in [1.54, 1.807) is 14.2 Å². The van der Waals surface area contributed by atoms with Crippen molar-refractivity contribution >= 4 is 5.96 Å². The van der Waals surface area contributed by atoms with Crippen molar-refractivity contribution in [1.82, 2.24) is 10.6 Å². The Morgan fingerprint density at radius 2 is 1.86 bits per heavy atom. The van der Waals surface area contributed by atoms with E-state index in [4.69, 9.17) is 14.2 Å². The molecule has 2 aromatic rings. The molecule has 150 valence electrons. The molecular formula is C22H29N3O3. The second-order valence-electron chi connectivity index (χ2n) is 7.37. The lowest BCUT2D eigenvalue weighted by Crippen LogP contribution is -2.43. The molecule has 0 fully saturated rings. The first-order chi connectivity index (χ1) is 13.5. The van der Waals surface area contributed by atoms with Crippen LogP contribution in [0.5, 0.6) is 17.2 Å². The molecule has 0 saturated heterocycles. The van der Waals surface area contributed by atoms with Gasteiger partial charge in [0.25, 0.3) is 0 Å². The van der Waals surface area contributed by atoms with Crippen LogP contribution >= 0.6 is 0 Å². The van der Waals surface area contributed by atoms with Crippen molar-refractivity contribution in [3.05, 3.63) is 53.6 Å². The minimum Gasteiger partial charge on any atom is -0.497 e. The van der Waals surface area contributed by atoms with Gasteiger partial charge in [0.15, 0.2) is 17.5 Å². The number of rotatable bonds is 6. The SMILES string of the molecule is CN=C(NCc1cccc(OC)c1)NCC(C)(C)c1ccc2c(c1)OCCO2. The molecule has 0 unspecified atom stereocenters. The van der Waals surface area contributed by atoms with Crippen molar-refractivity contribution in [3.8, 4) is 17.2 Å². The van der Waals surface area contributed by atoms with Crippen LogP contribution in [-0.4, -0.2) is 39.9 Å². The molecular weight excluding hydrogens is 354 g/mol. The first-order valence-electron chi connectivity index (χ1n) is 9.49. The van der Waals surface area contributed by atoms with E-state index in [1.807, 2.05) is 24.3 Å². The lowest BCUT2D eigenvalue weighted by Gasteiger charge is -2.28. The monoisotopic (exact) mass is 383 g/mol. The fourth-order valence-electron chi connectivity index (χ4n) is 3.06. The first-order valence-corrected chi connectivity index (χ1v) is 9.49. The van der Waals surface area contributed by atoms with Crippen molar-refractivity contribution in [1.29, 1.82) is 0 Å². The number of fused-ring (bicyclic) bond motifs is 1. The van der Waals surface area contributed by atoms with Gasteiger partial charge < -0.3 is 24.8 Å². The minimum atomic E-state index is -0.108. The van der Waals surface area contributed by atoms with E-state index >= 15 is 0 Å². The summed E-state index contributed by atoms with van der Waals surface area (Å²) in [4.78, 5) is 4.33. The summed E-state index contributed by atoms with van der Waals surface area (Å²) in [6.07, 6.45) is 0. The van der Waals surface area contributed by atoms with E-state index in [0.29, 0.717) is 19.8 Å². The predicted molar refractivity (Wildman–Crippen MR) is 112 cm³/mol. The highest BCUT2D eigenvalue weighted by atomic mass is 16.6. The average molecular weight is 383 g/mol. The Balaban J connectivity index is 1.59. The zero-order valence-electron chi connectivity index (χ0n) is 17.0. The number of methoxy groups -OCH3 is 1. The molecule has 0 amide bonds. The van der Waals surface area contributed by atoms with E-state index in [1.165, 1.54) is 5.56 Å². The van der Waals surface area contributed by atoms with Crippen LogP contribution in [0.3, 0.4) is 0 Å². The molecule has 0 saturated carbocycles. The van der Waals surface area contributed by atoms with E-state index in [-0.39, 0.29) is 5.41 Å². The summed E-state index contributed by atoms with van der Waals surface area (Å²) >= 11 is 0. The van der Waals surface area contributed by atoms with E-state index in [0.717, 1.165) is 35.3 Å². The van der Waals surface area contributed by atoms with Gasteiger partial charge in [-0.15, -0.1) is 0 Å². The molecule has 2 N–H and O–H groups in total. The summed E-state index contributed by atoms with van der Waals surface area (Å²) in [5.74, 6) is 3.24. The van der Waals surface area contributed by atoms with Gasteiger partial charge in [-0.25, -0.2) is 0 Å². The van der Waals surface area contributed by atoms with Gasteiger partial charge in [0.05, 0.1) is 7.11 Å². The van der Waals surface area contributed by atoms with E-state index < -0.39 is 0 Å². The van der Waals surface area contributed by atoms with Crippen molar-refractivity contribution < 1.29 is 14.2 Å². The highest BCUT2D eigenvalue weighted by Gasteiger charge is 2.23. The molecule has 6 nitrogen and oxygen atoms in total. The largest absolute Gasteiger partial charge is 0.497 e. The molecule has 0 bridgehead atoms. The second kappa shape index (κ2) is 8.87. The molecule has 1 aliphatic rings. The van der Waals surface area contributed by atoms with Gasteiger partial charge in [-0.05, 0) is 35.4 Å². The smallest absolute Gasteiger partial charge is 0.191 e. The Bertz CT molecular complexity index is 834. The third-order valence-electron chi connectivity index (χ3n) is 4.84. The number of aliphatic imine (C=N–C) groups is 1. The molecule has 2 aromatic carbocycles. The standard InChI is InChI=1S/C22H29N3O3/c1-22(2,17-8-9-19-20(13-17)28-11-10-27-19)15-25-21(23-3)24-14-16-6-5-7-18(12-16)26-4/h5-9,12-13H,10-11,14-15H2,1-4H3,(H2,23,24,25). The number of benzene rings is 2. The zero-order chi connectivity index (χ0) is 20.0. The fourth-order valence-corrected chi connectivity index (χ4v) is 3.06. The fraction of sp³-hybridized carbons (Fsp3) is 0.409. The normalized spacial score (nSPS) is 13.8. The Kier molecular flexibility index (Phi) is 6.29. The molecule has 1 aliphatic heterocycles. The molecule has 0 atom stereocenters. The summed E-state index contributed by atoms with van der Waals surface area (Å²) in [5.41, 5.74) is 2.21. The number of hydrogen-bond acceptors (Lipinski definition) is 4. The number of nitrogens with one attached hydrogen (secondary N) is 2. The summed E-state index contributed by atoms with van der Waals surface area (Å²) in [5, 5.41) is 6.77. The highest BCUT2D eigenvalue weighted by molar-refractivity contribution is 5.79. The van der Waals surface area contributed by atoms with Crippen LogP contribution in [0.4, 0.5) is 0 Å². The van der Waals surface area contributed by atoms with Gasteiger partial charge in [0.2, 0.25) is 0 Å².